The van der Waals surface area contributed by atoms with Crippen molar-refractivity contribution in [2.75, 3.05) is 5.32 Å². The summed E-state index contributed by atoms with van der Waals surface area (Å²) < 4.78 is 0. The molecule has 1 unspecified atom stereocenters. The fourth-order valence-corrected chi connectivity index (χ4v) is 1.39. The minimum atomic E-state index is -0.936. The van der Waals surface area contributed by atoms with E-state index in [9.17, 15) is 9.90 Å². The van der Waals surface area contributed by atoms with E-state index in [0.29, 0.717) is 0 Å². The van der Waals surface area contributed by atoms with Crippen LogP contribution in [-0.2, 0) is 0 Å². The lowest BCUT2D eigenvalue weighted by atomic mass is 9.97. The van der Waals surface area contributed by atoms with Crippen LogP contribution in [0, 0.1) is 6.92 Å². The molecule has 0 bridgehead atoms. The van der Waals surface area contributed by atoms with Crippen LogP contribution in [0.25, 0.3) is 0 Å². The van der Waals surface area contributed by atoms with Gasteiger partial charge in [-0.25, -0.2) is 4.79 Å². The molecule has 0 aliphatic rings. The Balaban J connectivity index is 2.98. The molecule has 0 aliphatic heterocycles. The van der Waals surface area contributed by atoms with Crippen molar-refractivity contribution in [1.29, 1.82) is 0 Å². The second-order valence-electron chi connectivity index (χ2n) is 4.86. The third kappa shape index (κ3) is 3.20. The van der Waals surface area contributed by atoms with Gasteiger partial charge >= 0.3 is 5.97 Å². The number of carbonyl (C=O) groups is 1. The van der Waals surface area contributed by atoms with Gasteiger partial charge < -0.3 is 15.5 Å². The van der Waals surface area contributed by atoms with E-state index in [1.165, 1.54) is 0 Å². The molecule has 17 heavy (non-hydrogen) atoms. The fourth-order valence-electron chi connectivity index (χ4n) is 1.39. The molecule has 4 heteroatoms. The van der Waals surface area contributed by atoms with Gasteiger partial charge in [0.1, 0.15) is 0 Å². The minimum Gasteiger partial charge on any atom is -0.478 e. The van der Waals surface area contributed by atoms with Gasteiger partial charge in [0.2, 0.25) is 0 Å². The number of hydrogen-bond donors (Lipinski definition) is 3. The van der Waals surface area contributed by atoms with Gasteiger partial charge in [0.15, 0.2) is 0 Å². The van der Waals surface area contributed by atoms with Crippen molar-refractivity contribution in [2.24, 2.45) is 0 Å². The summed E-state index contributed by atoms with van der Waals surface area (Å²) in [6, 6.07) is 4.89. The number of hydrogen-bond acceptors (Lipinski definition) is 3. The first-order valence-corrected chi connectivity index (χ1v) is 5.54. The summed E-state index contributed by atoms with van der Waals surface area (Å²) in [5.41, 5.74) is 1.48. The van der Waals surface area contributed by atoms with Crippen LogP contribution in [0.1, 0.15) is 36.7 Å². The molecule has 4 nitrogen and oxygen atoms in total. The number of aliphatic hydroxyl groups excluding tert-OH is 1. The molecule has 0 radical (unpaired) electrons. The fraction of sp³-hybridized carbons (Fsp3) is 0.462. The van der Waals surface area contributed by atoms with Crippen LogP contribution < -0.4 is 5.32 Å². The molecule has 1 atom stereocenters. The highest BCUT2D eigenvalue weighted by Crippen LogP contribution is 2.22. The second kappa shape index (κ2) is 4.75. The molecule has 0 amide bonds. The van der Waals surface area contributed by atoms with Gasteiger partial charge in [-0.2, -0.15) is 0 Å². The van der Waals surface area contributed by atoms with Crippen LogP contribution in [0.4, 0.5) is 5.69 Å². The van der Waals surface area contributed by atoms with E-state index in [1.807, 2.05) is 20.8 Å². The van der Waals surface area contributed by atoms with Crippen LogP contribution in [0.2, 0.25) is 0 Å². The molecule has 1 aromatic rings. The molecule has 0 aliphatic carbocycles. The summed E-state index contributed by atoms with van der Waals surface area (Å²) in [5, 5.41) is 21.7. The zero-order chi connectivity index (χ0) is 13.2. The third-order valence-corrected chi connectivity index (χ3v) is 2.97. The lowest BCUT2D eigenvalue weighted by molar-refractivity contribution is 0.0696. The van der Waals surface area contributed by atoms with Gasteiger partial charge in [0, 0.05) is 5.69 Å². The summed E-state index contributed by atoms with van der Waals surface area (Å²) in [4.78, 5) is 10.8. The maximum absolute atomic E-state index is 10.8. The number of aryl methyl sites for hydroxylation is 1. The normalized spacial score (nSPS) is 13.2. The Kier molecular flexibility index (Phi) is 3.78. The molecule has 1 aromatic carbocycles. The minimum absolute atomic E-state index is 0.267. The molecule has 0 aromatic heterocycles. The number of benzene rings is 1. The summed E-state index contributed by atoms with van der Waals surface area (Å²) >= 11 is 0. The Morgan fingerprint density at radius 1 is 1.41 bits per heavy atom. The number of aromatic carboxylic acids is 1. The topological polar surface area (TPSA) is 69.6 Å². The van der Waals surface area contributed by atoms with E-state index in [0.717, 1.165) is 11.3 Å². The van der Waals surface area contributed by atoms with Crippen LogP contribution >= 0.6 is 0 Å². The van der Waals surface area contributed by atoms with Crippen molar-refractivity contribution in [1.82, 2.24) is 0 Å². The van der Waals surface area contributed by atoms with Gasteiger partial charge in [0.05, 0.1) is 17.2 Å². The Labute approximate surface area is 101 Å². The largest absolute Gasteiger partial charge is 0.478 e. The zero-order valence-electron chi connectivity index (χ0n) is 10.6. The number of aliphatic hydroxyl groups is 1. The molecule has 0 saturated heterocycles. The molecule has 0 fully saturated rings. The van der Waals surface area contributed by atoms with Gasteiger partial charge in [-0.15, -0.1) is 0 Å². The van der Waals surface area contributed by atoms with Crippen molar-refractivity contribution in [2.45, 2.75) is 39.3 Å². The average molecular weight is 237 g/mol. The quantitative estimate of drug-likeness (QED) is 0.751. The van der Waals surface area contributed by atoms with Gasteiger partial charge in [0.25, 0.3) is 0 Å². The van der Waals surface area contributed by atoms with Crippen LogP contribution in [0.15, 0.2) is 18.2 Å². The molecule has 0 saturated carbocycles. The first-order chi connectivity index (χ1) is 7.74. The van der Waals surface area contributed by atoms with E-state index in [-0.39, 0.29) is 5.56 Å². The van der Waals surface area contributed by atoms with Crippen molar-refractivity contribution < 1.29 is 15.0 Å². The van der Waals surface area contributed by atoms with Gasteiger partial charge in [-0.1, -0.05) is 0 Å². The first kappa shape index (κ1) is 13.5. The number of anilines is 1. The van der Waals surface area contributed by atoms with Crippen LogP contribution in [-0.4, -0.2) is 27.8 Å². The number of carboxylic acids is 1. The molecular formula is C13H19NO3. The lowest BCUT2D eigenvalue weighted by Crippen LogP contribution is -2.42. The molecule has 3 N–H and O–H groups in total. The summed E-state index contributed by atoms with van der Waals surface area (Å²) in [7, 11) is 0. The van der Waals surface area contributed by atoms with E-state index in [1.54, 1.807) is 25.1 Å². The van der Waals surface area contributed by atoms with Crippen LogP contribution in [0.5, 0.6) is 0 Å². The zero-order valence-corrected chi connectivity index (χ0v) is 10.6. The van der Waals surface area contributed by atoms with Crippen molar-refractivity contribution in [3.63, 3.8) is 0 Å². The number of nitrogens with one attached hydrogen (secondary N) is 1. The maximum Gasteiger partial charge on any atom is 0.335 e. The predicted octanol–water partition coefficient (Wildman–Crippen LogP) is 2.26. The molecular weight excluding hydrogens is 218 g/mol. The van der Waals surface area contributed by atoms with Crippen molar-refractivity contribution in [3.05, 3.63) is 29.3 Å². The molecule has 0 spiro atoms. The third-order valence-electron chi connectivity index (χ3n) is 2.97. The maximum atomic E-state index is 10.8. The summed E-state index contributed by atoms with van der Waals surface area (Å²) in [6.07, 6.45) is -0.513. The van der Waals surface area contributed by atoms with E-state index in [2.05, 4.69) is 5.32 Å². The Hall–Kier alpha value is -1.55. The Morgan fingerprint density at radius 2 is 2.00 bits per heavy atom. The highest BCUT2D eigenvalue weighted by Gasteiger charge is 2.24. The van der Waals surface area contributed by atoms with Gasteiger partial charge in [-0.3, -0.25) is 0 Å². The van der Waals surface area contributed by atoms with Gasteiger partial charge in [-0.05, 0) is 51.5 Å². The number of rotatable bonds is 4. The first-order valence-electron chi connectivity index (χ1n) is 5.54. The monoisotopic (exact) mass is 237 g/mol. The molecule has 0 heterocycles. The average Bonchev–Trinajstić information content (AvgIpc) is 2.20. The highest BCUT2D eigenvalue weighted by molar-refractivity contribution is 5.88. The summed E-state index contributed by atoms with van der Waals surface area (Å²) in [5.74, 6) is -0.936. The van der Waals surface area contributed by atoms with E-state index < -0.39 is 17.6 Å². The van der Waals surface area contributed by atoms with Crippen molar-refractivity contribution in [3.8, 4) is 0 Å². The SMILES string of the molecule is Cc1cc(C(=O)O)ccc1NC(C)(C)C(C)O. The van der Waals surface area contributed by atoms with E-state index >= 15 is 0 Å². The highest BCUT2D eigenvalue weighted by atomic mass is 16.4. The van der Waals surface area contributed by atoms with Crippen molar-refractivity contribution >= 4 is 11.7 Å². The lowest BCUT2D eigenvalue weighted by Gasteiger charge is -2.31. The molecule has 1 rings (SSSR count). The Morgan fingerprint density at radius 3 is 2.41 bits per heavy atom. The summed E-state index contributed by atoms with van der Waals surface area (Å²) in [6.45, 7) is 7.34. The smallest absolute Gasteiger partial charge is 0.335 e. The Bertz CT molecular complexity index is 425. The second-order valence-corrected chi connectivity index (χ2v) is 4.86. The standard InChI is InChI=1S/C13H19NO3/c1-8-7-10(12(16)17)5-6-11(8)14-13(3,4)9(2)15/h5-7,9,14-15H,1-4H3,(H,16,17). The predicted molar refractivity (Wildman–Crippen MR) is 67.5 cm³/mol. The van der Waals surface area contributed by atoms with E-state index in [4.69, 9.17) is 5.11 Å². The van der Waals surface area contributed by atoms with Crippen LogP contribution in [0.3, 0.4) is 0 Å². The molecule has 94 valence electrons. The number of carboxylic acid groups (broad SMARTS) is 1.